The first-order valence-corrected chi connectivity index (χ1v) is 6.93. The third-order valence-corrected chi connectivity index (χ3v) is 3.62. The molecular formula is C17H26O2. The van der Waals surface area contributed by atoms with Gasteiger partial charge in [-0.15, -0.1) is 0 Å². The number of hydrogen-bond donors (Lipinski definition) is 0. The van der Waals surface area contributed by atoms with Gasteiger partial charge in [-0.05, 0) is 28.4 Å². The summed E-state index contributed by atoms with van der Waals surface area (Å²) >= 11 is 0. The van der Waals surface area contributed by atoms with E-state index >= 15 is 0 Å². The molecule has 0 saturated heterocycles. The zero-order valence-corrected chi connectivity index (χ0v) is 13.0. The van der Waals surface area contributed by atoms with Gasteiger partial charge >= 0.3 is 5.97 Å². The third kappa shape index (κ3) is 4.38. The molecule has 0 amide bonds. The summed E-state index contributed by atoms with van der Waals surface area (Å²) in [6.07, 6.45) is 0.447. The van der Waals surface area contributed by atoms with E-state index in [0.717, 1.165) is 0 Å². The highest BCUT2D eigenvalue weighted by Gasteiger charge is 2.21. The Morgan fingerprint density at radius 1 is 1.16 bits per heavy atom. The fourth-order valence-corrected chi connectivity index (χ4v) is 2.23. The van der Waals surface area contributed by atoms with Crippen LogP contribution in [0.3, 0.4) is 0 Å². The predicted octanol–water partition coefficient (Wildman–Crippen LogP) is 4.29. The zero-order chi connectivity index (χ0) is 14.6. The number of hydrogen-bond acceptors (Lipinski definition) is 2. The van der Waals surface area contributed by atoms with E-state index in [9.17, 15) is 4.79 Å². The van der Waals surface area contributed by atoms with Crippen molar-refractivity contribution in [1.29, 1.82) is 0 Å². The maximum absolute atomic E-state index is 11.5. The summed E-state index contributed by atoms with van der Waals surface area (Å²) in [5, 5.41) is 0. The predicted molar refractivity (Wildman–Crippen MR) is 79.4 cm³/mol. The van der Waals surface area contributed by atoms with Gasteiger partial charge in [0, 0.05) is 0 Å². The number of ether oxygens (including phenoxy) is 1. The minimum absolute atomic E-state index is 0.140. The topological polar surface area (TPSA) is 26.3 Å². The molecule has 0 aliphatic carbocycles. The first-order valence-electron chi connectivity index (χ1n) is 6.93. The summed E-state index contributed by atoms with van der Waals surface area (Å²) in [5.74, 6) is 0.500. The lowest BCUT2D eigenvalue weighted by molar-refractivity contribution is -0.141. The van der Waals surface area contributed by atoms with Gasteiger partial charge in [-0.1, -0.05) is 58.9 Å². The average Bonchev–Trinajstić information content (AvgIpc) is 2.34. The van der Waals surface area contributed by atoms with E-state index in [4.69, 9.17) is 4.74 Å². The van der Waals surface area contributed by atoms with Crippen LogP contribution in [0.1, 0.15) is 58.1 Å². The van der Waals surface area contributed by atoms with Crippen LogP contribution in [0.5, 0.6) is 0 Å². The average molecular weight is 262 g/mol. The van der Waals surface area contributed by atoms with Gasteiger partial charge < -0.3 is 4.74 Å². The molecule has 0 aromatic heterocycles. The second-order valence-corrected chi connectivity index (χ2v) is 6.50. The number of carbonyl (C=O) groups is 1. The van der Waals surface area contributed by atoms with Gasteiger partial charge in [0.25, 0.3) is 0 Å². The molecule has 106 valence electrons. The molecule has 2 heteroatoms. The summed E-state index contributed by atoms with van der Waals surface area (Å²) in [6, 6.07) is 8.63. The Bertz CT molecular complexity index is 410. The Balaban J connectivity index is 2.95. The van der Waals surface area contributed by atoms with Crippen molar-refractivity contribution < 1.29 is 9.53 Å². The largest absolute Gasteiger partial charge is 0.469 e. The van der Waals surface area contributed by atoms with Gasteiger partial charge in [-0.3, -0.25) is 4.79 Å². The molecule has 0 bridgehead atoms. The van der Waals surface area contributed by atoms with E-state index in [1.54, 1.807) is 0 Å². The molecule has 0 fully saturated rings. The third-order valence-electron chi connectivity index (χ3n) is 3.62. The number of esters is 1. The van der Waals surface area contributed by atoms with Crippen molar-refractivity contribution in [3.8, 4) is 0 Å². The van der Waals surface area contributed by atoms with E-state index in [-0.39, 0.29) is 17.3 Å². The molecule has 0 aliphatic heterocycles. The van der Waals surface area contributed by atoms with Crippen LogP contribution in [-0.4, -0.2) is 13.1 Å². The monoisotopic (exact) mass is 262 g/mol. The summed E-state index contributed by atoms with van der Waals surface area (Å²) in [6.45, 7) is 10.9. The molecule has 1 aromatic rings. The van der Waals surface area contributed by atoms with Gasteiger partial charge in [0.1, 0.15) is 0 Å². The molecule has 0 saturated carbocycles. The SMILES string of the molecule is COC(=O)CC(c1ccc(C(C)(C)C)cc1)C(C)C. The quantitative estimate of drug-likeness (QED) is 0.757. The summed E-state index contributed by atoms with van der Waals surface area (Å²) < 4.78 is 4.79. The molecule has 0 spiro atoms. The maximum atomic E-state index is 11.5. The standard InChI is InChI=1S/C17H26O2/c1-12(2)15(11-16(18)19-6)13-7-9-14(10-8-13)17(3,4)5/h7-10,12,15H,11H2,1-6H3. The minimum Gasteiger partial charge on any atom is -0.469 e. The number of rotatable bonds is 4. The van der Waals surface area contributed by atoms with Crippen LogP contribution in [-0.2, 0) is 14.9 Å². The second kappa shape index (κ2) is 6.23. The van der Waals surface area contributed by atoms with E-state index < -0.39 is 0 Å². The van der Waals surface area contributed by atoms with E-state index in [1.807, 2.05) is 0 Å². The molecule has 0 radical (unpaired) electrons. The molecule has 2 nitrogen and oxygen atoms in total. The normalized spacial score (nSPS) is 13.4. The fourth-order valence-electron chi connectivity index (χ4n) is 2.23. The van der Waals surface area contributed by atoms with Crippen LogP contribution in [0.25, 0.3) is 0 Å². The second-order valence-electron chi connectivity index (χ2n) is 6.50. The van der Waals surface area contributed by atoms with Crippen LogP contribution in [0.2, 0.25) is 0 Å². The van der Waals surface area contributed by atoms with Gasteiger partial charge in [0.2, 0.25) is 0 Å². The lowest BCUT2D eigenvalue weighted by Crippen LogP contribution is -2.15. The van der Waals surface area contributed by atoms with E-state index in [0.29, 0.717) is 12.3 Å². The molecule has 0 aliphatic rings. The summed E-state index contributed by atoms with van der Waals surface area (Å²) in [7, 11) is 1.45. The van der Waals surface area contributed by atoms with Crippen molar-refractivity contribution in [3.05, 3.63) is 35.4 Å². The zero-order valence-electron chi connectivity index (χ0n) is 13.0. The molecule has 0 heterocycles. The van der Waals surface area contributed by atoms with Crippen molar-refractivity contribution in [3.63, 3.8) is 0 Å². The molecule has 1 rings (SSSR count). The number of methoxy groups -OCH3 is 1. The van der Waals surface area contributed by atoms with E-state index in [1.165, 1.54) is 18.2 Å². The molecule has 0 N–H and O–H groups in total. The Kier molecular flexibility index (Phi) is 5.16. The van der Waals surface area contributed by atoms with Gasteiger partial charge in [0.05, 0.1) is 13.5 Å². The van der Waals surface area contributed by atoms with Gasteiger partial charge in [-0.25, -0.2) is 0 Å². The molecule has 1 atom stereocenters. The first kappa shape index (κ1) is 15.7. The Morgan fingerprint density at radius 2 is 1.68 bits per heavy atom. The number of carbonyl (C=O) groups excluding carboxylic acids is 1. The highest BCUT2D eigenvalue weighted by Crippen LogP contribution is 2.30. The fraction of sp³-hybridized carbons (Fsp3) is 0.588. The van der Waals surface area contributed by atoms with Crippen LogP contribution in [0, 0.1) is 5.92 Å². The van der Waals surface area contributed by atoms with Gasteiger partial charge in [0.15, 0.2) is 0 Å². The Morgan fingerprint density at radius 3 is 2.05 bits per heavy atom. The van der Waals surface area contributed by atoms with Crippen molar-refractivity contribution in [1.82, 2.24) is 0 Å². The minimum atomic E-state index is -0.140. The lowest BCUT2D eigenvalue weighted by Gasteiger charge is -2.23. The van der Waals surface area contributed by atoms with Crippen molar-refractivity contribution in [2.45, 2.75) is 52.4 Å². The van der Waals surface area contributed by atoms with Crippen molar-refractivity contribution >= 4 is 5.97 Å². The number of benzene rings is 1. The van der Waals surface area contributed by atoms with Crippen LogP contribution >= 0.6 is 0 Å². The Hall–Kier alpha value is -1.31. The molecule has 1 aromatic carbocycles. The Labute approximate surface area is 117 Å². The highest BCUT2D eigenvalue weighted by atomic mass is 16.5. The highest BCUT2D eigenvalue weighted by molar-refractivity contribution is 5.70. The van der Waals surface area contributed by atoms with Crippen molar-refractivity contribution in [2.24, 2.45) is 5.92 Å². The van der Waals surface area contributed by atoms with Crippen molar-refractivity contribution in [2.75, 3.05) is 7.11 Å². The summed E-state index contributed by atoms with van der Waals surface area (Å²) in [4.78, 5) is 11.5. The van der Waals surface area contributed by atoms with Crippen LogP contribution in [0.15, 0.2) is 24.3 Å². The van der Waals surface area contributed by atoms with Crippen LogP contribution in [0.4, 0.5) is 0 Å². The van der Waals surface area contributed by atoms with Gasteiger partial charge in [-0.2, -0.15) is 0 Å². The van der Waals surface area contributed by atoms with E-state index in [2.05, 4.69) is 58.9 Å². The molecular weight excluding hydrogens is 236 g/mol. The molecule has 1 unspecified atom stereocenters. The summed E-state index contributed by atoms with van der Waals surface area (Å²) in [5.41, 5.74) is 2.69. The maximum Gasteiger partial charge on any atom is 0.306 e. The molecule has 19 heavy (non-hydrogen) atoms. The smallest absolute Gasteiger partial charge is 0.306 e. The lowest BCUT2D eigenvalue weighted by atomic mass is 9.82. The first-order chi connectivity index (χ1) is 8.75. The van der Waals surface area contributed by atoms with Crippen LogP contribution < -0.4 is 0 Å².